The van der Waals surface area contributed by atoms with E-state index in [4.69, 9.17) is 5.11 Å². The Morgan fingerprint density at radius 2 is 1.76 bits per heavy atom. The molecule has 17 heavy (non-hydrogen) atoms. The lowest BCUT2D eigenvalue weighted by molar-refractivity contribution is -0.140. The molecule has 2 unspecified atom stereocenters. The molecule has 0 aromatic carbocycles. The molecule has 0 spiro atoms. The van der Waals surface area contributed by atoms with Crippen LogP contribution in [0.5, 0.6) is 0 Å². The van der Waals surface area contributed by atoms with Gasteiger partial charge in [0.2, 0.25) is 0 Å². The zero-order valence-corrected chi connectivity index (χ0v) is 11.4. The second-order valence-electron chi connectivity index (χ2n) is 5.01. The molecule has 5 heteroatoms. The van der Waals surface area contributed by atoms with E-state index < -0.39 is 11.9 Å². The van der Waals surface area contributed by atoms with Crippen molar-refractivity contribution in [2.24, 2.45) is 11.8 Å². The summed E-state index contributed by atoms with van der Waals surface area (Å²) < 4.78 is 0. The largest absolute Gasteiger partial charge is 0.481 e. The first kappa shape index (κ1) is 15.7. The Bertz CT molecular complexity index is 266. The van der Waals surface area contributed by atoms with Gasteiger partial charge >= 0.3 is 12.0 Å². The first-order valence-corrected chi connectivity index (χ1v) is 5.99. The van der Waals surface area contributed by atoms with Gasteiger partial charge in [-0.15, -0.1) is 0 Å². The smallest absolute Gasteiger partial charge is 0.317 e. The number of urea groups is 1. The van der Waals surface area contributed by atoms with Crippen LogP contribution in [0, 0.1) is 11.8 Å². The minimum Gasteiger partial charge on any atom is -0.481 e. The summed E-state index contributed by atoms with van der Waals surface area (Å²) in [6.07, 6.45) is 0.929. The van der Waals surface area contributed by atoms with Gasteiger partial charge in [0.05, 0.1) is 5.92 Å². The van der Waals surface area contributed by atoms with Gasteiger partial charge in [-0.3, -0.25) is 4.79 Å². The summed E-state index contributed by atoms with van der Waals surface area (Å²) in [7, 11) is 1.73. The van der Waals surface area contributed by atoms with E-state index in [-0.39, 0.29) is 18.6 Å². The van der Waals surface area contributed by atoms with Crippen LogP contribution < -0.4 is 5.32 Å². The lowest BCUT2D eigenvalue weighted by Crippen LogP contribution is -2.44. The van der Waals surface area contributed by atoms with Crippen molar-refractivity contribution < 1.29 is 14.7 Å². The Morgan fingerprint density at radius 3 is 2.18 bits per heavy atom. The maximum absolute atomic E-state index is 11.7. The van der Waals surface area contributed by atoms with Crippen molar-refractivity contribution in [2.75, 3.05) is 13.6 Å². The highest BCUT2D eigenvalue weighted by atomic mass is 16.4. The lowest BCUT2D eigenvalue weighted by Gasteiger charge is -2.26. The van der Waals surface area contributed by atoms with E-state index in [1.807, 2.05) is 6.92 Å². The fraction of sp³-hybridized carbons (Fsp3) is 0.833. The summed E-state index contributed by atoms with van der Waals surface area (Å²) in [5.74, 6) is -0.936. The maximum Gasteiger partial charge on any atom is 0.317 e. The number of carbonyl (C=O) groups is 2. The van der Waals surface area contributed by atoms with Crippen LogP contribution in [0.1, 0.15) is 34.1 Å². The molecule has 0 heterocycles. The molecular formula is C12H24N2O3. The number of nitrogens with zero attached hydrogens (tertiary/aromatic N) is 1. The summed E-state index contributed by atoms with van der Waals surface area (Å²) in [4.78, 5) is 23.9. The lowest BCUT2D eigenvalue weighted by atomic mass is 10.0. The molecule has 2 N–H and O–H groups in total. The van der Waals surface area contributed by atoms with Crippen molar-refractivity contribution in [3.05, 3.63) is 0 Å². The highest BCUT2D eigenvalue weighted by molar-refractivity contribution is 5.75. The van der Waals surface area contributed by atoms with Crippen LogP contribution in [0.2, 0.25) is 0 Å². The monoisotopic (exact) mass is 244 g/mol. The van der Waals surface area contributed by atoms with E-state index in [0.717, 1.165) is 6.42 Å². The van der Waals surface area contributed by atoms with E-state index in [1.165, 1.54) is 0 Å². The second kappa shape index (κ2) is 7.14. The molecule has 0 saturated heterocycles. The summed E-state index contributed by atoms with van der Waals surface area (Å²) in [6, 6.07) is -0.0682. The van der Waals surface area contributed by atoms with E-state index >= 15 is 0 Å². The van der Waals surface area contributed by atoms with Crippen molar-refractivity contribution in [3.63, 3.8) is 0 Å². The number of carboxylic acids is 1. The van der Waals surface area contributed by atoms with Crippen LogP contribution in [-0.4, -0.2) is 41.6 Å². The van der Waals surface area contributed by atoms with Crippen LogP contribution in [0.15, 0.2) is 0 Å². The van der Waals surface area contributed by atoms with E-state index in [2.05, 4.69) is 19.2 Å². The Kier molecular flexibility index (Phi) is 6.61. The fourth-order valence-electron chi connectivity index (χ4n) is 1.49. The van der Waals surface area contributed by atoms with E-state index in [0.29, 0.717) is 5.92 Å². The average molecular weight is 244 g/mol. The van der Waals surface area contributed by atoms with Crippen molar-refractivity contribution >= 4 is 12.0 Å². The van der Waals surface area contributed by atoms with Gasteiger partial charge in [-0.25, -0.2) is 4.79 Å². The van der Waals surface area contributed by atoms with Crippen LogP contribution >= 0.6 is 0 Å². The van der Waals surface area contributed by atoms with Crippen LogP contribution in [0.25, 0.3) is 0 Å². The van der Waals surface area contributed by atoms with E-state index in [9.17, 15) is 9.59 Å². The Balaban J connectivity index is 4.09. The molecule has 0 radical (unpaired) electrons. The zero-order valence-electron chi connectivity index (χ0n) is 11.4. The fourth-order valence-corrected chi connectivity index (χ4v) is 1.49. The molecule has 0 saturated carbocycles. The molecule has 2 atom stereocenters. The zero-order chi connectivity index (χ0) is 13.6. The predicted molar refractivity (Wildman–Crippen MR) is 66.9 cm³/mol. The molecule has 0 aromatic rings. The van der Waals surface area contributed by atoms with Crippen LogP contribution in [-0.2, 0) is 4.79 Å². The van der Waals surface area contributed by atoms with Crippen molar-refractivity contribution in [3.8, 4) is 0 Å². The molecule has 0 rings (SSSR count). The van der Waals surface area contributed by atoms with Crippen molar-refractivity contribution in [1.29, 1.82) is 0 Å². The molecule has 0 aliphatic heterocycles. The summed E-state index contributed by atoms with van der Waals surface area (Å²) >= 11 is 0. The van der Waals surface area contributed by atoms with Gasteiger partial charge < -0.3 is 15.3 Å². The summed E-state index contributed by atoms with van der Waals surface area (Å²) in [6.45, 7) is 7.93. The highest BCUT2D eigenvalue weighted by Gasteiger charge is 2.18. The number of aliphatic carboxylic acids is 1. The Labute approximate surface area is 103 Å². The normalized spacial score (nSPS) is 14.2. The predicted octanol–water partition coefficient (Wildman–Crippen LogP) is 1.78. The molecule has 0 aliphatic rings. The minimum absolute atomic E-state index is 0.148. The number of rotatable bonds is 6. The maximum atomic E-state index is 11.7. The number of amides is 2. The molecule has 100 valence electrons. The third-order valence-electron chi connectivity index (χ3n) is 2.78. The molecule has 0 aliphatic carbocycles. The third-order valence-corrected chi connectivity index (χ3v) is 2.78. The first-order valence-electron chi connectivity index (χ1n) is 5.99. The molecule has 0 aromatic heterocycles. The summed E-state index contributed by atoms with van der Waals surface area (Å²) in [5.41, 5.74) is 0. The number of hydrogen-bond donors (Lipinski definition) is 2. The van der Waals surface area contributed by atoms with E-state index in [1.54, 1.807) is 18.9 Å². The van der Waals surface area contributed by atoms with Gasteiger partial charge in [0.1, 0.15) is 0 Å². The topological polar surface area (TPSA) is 69.6 Å². The average Bonchev–Trinajstić information content (AvgIpc) is 2.22. The molecule has 2 amide bonds. The van der Waals surface area contributed by atoms with Crippen molar-refractivity contribution in [1.82, 2.24) is 10.2 Å². The standard InChI is InChI=1S/C12H24N2O3/c1-8(2)6-10(4)14(5)12(17)13-7-9(3)11(15)16/h8-10H,6-7H2,1-5H3,(H,13,17)(H,15,16). The first-order chi connectivity index (χ1) is 7.75. The third kappa shape index (κ3) is 6.14. The SMILES string of the molecule is CC(C)CC(C)N(C)C(=O)NCC(C)C(=O)O. The van der Waals surface area contributed by atoms with Gasteiger partial charge in [0.25, 0.3) is 0 Å². The van der Waals surface area contributed by atoms with Gasteiger partial charge in [0, 0.05) is 19.6 Å². The van der Waals surface area contributed by atoms with Gasteiger partial charge in [-0.1, -0.05) is 20.8 Å². The number of hydrogen-bond acceptors (Lipinski definition) is 2. The molecule has 5 nitrogen and oxygen atoms in total. The molecule has 0 fully saturated rings. The quantitative estimate of drug-likeness (QED) is 0.748. The number of nitrogens with one attached hydrogen (secondary N) is 1. The van der Waals surface area contributed by atoms with Gasteiger partial charge in [-0.2, -0.15) is 0 Å². The molecular weight excluding hydrogens is 220 g/mol. The van der Waals surface area contributed by atoms with Crippen LogP contribution in [0.4, 0.5) is 4.79 Å². The Morgan fingerprint density at radius 1 is 1.24 bits per heavy atom. The minimum atomic E-state index is -0.900. The second-order valence-corrected chi connectivity index (χ2v) is 5.01. The summed E-state index contributed by atoms with van der Waals surface area (Å²) in [5, 5.41) is 11.3. The Hall–Kier alpha value is -1.26. The van der Waals surface area contributed by atoms with Gasteiger partial charge in [-0.05, 0) is 19.3 Å². The van der Waals surface area contributed by atoms with Gasteiger partial charge in [0.15, 0.2) is 0 Å². The van der Waals surface area contributed by atoms with Crippen molar-refractivity contribution in [2.45, 2.75) is 40.2 Å². The highest BCUT2D eigenvalue weighted by Crippen LogP contribution is 2.09. The number of carboxylic acid groups (broad SMARTS) is 1. The van der Waals surface area contributed by atoms with Crippen LogP contribution in [0.3, 0.4) is 0 Å². The number of carbonyl (C=O) groups excluding carboxylic acids is 1. The molecule has 0 bridgehead atoms.